The minimum absolute atomic E-state index is 0. The Morgan fingerprint density at radius 1 is 0.333 bits per heavy atom. The van der Waals surface area contributed by atoms with E-state index in [0.29, 0.717) is 0 Å². The largest absolute Gasteiger partial charge is 1.00 e. The Morgan fingerprint density at radius 2 is 0.333 bits per heavy atom. The van der Waals surface area contributed by atoms with E-state index in [-0.39, 0.29) is 198 Å². The van der Waals surface area contributed by atoms with E-state index in [1.165, 1.54) is 0 Å². The van der Waals surface area contributed by atoms with Gasteiger partial charge in [-0.25, -0.2) is 0 Å². The average Bonchev–Trinajstić information content (AvgIpc) is 0. The number of hydrogen-bond acceptors (Lipinski definition) is 0. The second kappa shape index (κ2) is 68.2. The Morgan fingerprint density at radius 3 is 0.333 bits per heavy atom. The fourth-order valence-corrected chi connectivity index (χ4v) is 0. The van der Waals surface area contributed by atoms with Crippen LogP contribution < -0.4 is 177 Å². The van der Waals surface area contributed by atoms with Gasteiger partial charge in [0, 0.05) is 20.4 Å². The molecule has 1 radical (unpaired) electrons. The molecule has 0 amide bonds. The van der Waals surface area contributed by atoms with Crippen LogP contribution in [0.25, 0.3) is 0 Å². The number of hydrogen-bond donors (Lipinski definition) is 0. The minimum atomic E-state index is 0. The van der Waals surface area contributed by atoms with E-state index >= 15 is 0 Å². The first-order chi connectivity index (χ1) is 0. The van der Waals surface area contributed by atoms with Gasteiger partial charge in [-0.2, -0.15) is 0 Å². The van der Waals surface area contributed by atoms with E-state index in [2.05, 4.69) is 0 Å². The van der Waals surface area contributed by atoms with E-state index in [0.717, 1.165) is 0 Å². The van der Waals surface area contributed by atoms with Crippen LogP contribution in [0, 0.1) is 0 Å². The maximum Gasteiger partial charge on any atom is 1.00 e. The zero-order valence-corrected chi connectivity index (χ0v) is 18.1. The van der Waals surface area contributed by atoms with Crippen molar-refractivity contribution in [3.8, 4) is 0 Å². The molecular formula is Cl6K2Re-4. The topological polar surface area (TPSA) is 0 Å². The summed E-state index contributed by atoms with van der Waals surface area (Å²) in [5.74, 6) is 0. The van der Waals surface area contributed by atoms with Gasteiger partial charge >= 0.3 is 103 Å². The summed E-state index contributed by atoms with van der Waals surface area (Å²) in [6.45, 7) is 0. The standard InChI is InChI=1S/6ClH.2K.Re/h6*1H;;;/q;;;;;;2*+1;/p-6. The van der Waals surface area contributed by atoms with Gasteiger partial charge in [-0.05, 0) is 0 Å². The predicted octanol–water partition coefficient (Wildman–Crippen LogP) is -24.0. The molecule has 0 N–H and O–H groups in total. The van der Waals surface area contributed by atoms with Crippen molar-refractivity contribution < 1.29 is 198 Å². The van der Waals surface area contributed by atoms with Crippen LogP contribution in [0.15, 0.2) is 0 Å². The molecule has 9 heteroatoms. The molecule has 0 aliphatic heterocycles. The Balaban J connectivity index is 0. The van der Waals surface area contributed by atoms with Gasteiger partial charge in [0.1, 0.15) is 0 Å². The molecule has 0 aromatic rings. The summed E-state index contributed by atoms with van der Waals surface area (Å²) < 4.78 is 0. The molecule has 0 aliphatic carbocycles. The van der Waals surface area contributed by atoms with Gasteiger partial charge in [0.2, 0.25) is 0 Å². The van der Waals surface area contributed by atoms with Gasteiger partial charge in [-0.15, -0.1) is 0 Å². The third-order valence-electron chi connectivity index (χ3n) is 0. The number of halogens is 6. The van der Waals surface area contributed by atoms with Crippen molar-refractivity contribution in [1.82, 2.24) is 0 Å². The molecule has 0 aromatic carbocycles. The van der Waals surface area contributed by atoms with Crippen LogP contribution in [-0.4, -0.2) is 0 Å². The molecule has 0 bridgehead atoms. The summed E-state index contributed by atoms with van der Waals surface area (Å²) in [6.07, 6.45) is 0. The molecule has 0 saturated carbocycles. The Labute approximate surface area is 192 Å². The molecule has 0 unspecified atom stereocenters. The second-order valence-electron chi connectivity index (χ2n) is 0. The van der Waals surface area contributed by atoms with E-state index in [1.807, 2.05) is 0 Å². The van der Waals surface area contributed by atoms with Crippen LogP contribution in [0.5, 0.6) is 0 Å². The Hall–Kier alpha value is 5.68. The van der Waals surface area contributed by atoms with Gasteiger partial charge in [-0.3, -0.25) is 0 Å². The van der Waals surface area contributed by atoms with Crippen molar-refractivity contribution in [2.75, 3.05) is 0 Å². The van der Waals surface area contributed by atoms with Crippen molar-refractivity contribution in [3.05, 3.63) is 0 Å². The van der Waals surface area contributed by atoms with Crippen LogP contribution in [0.2, 0.25) is 0 Å². The molecule has 0 rings (SSSR count). The zero-order chi connectivity index (χ0) is 0. The first-order valence-corrected chi connectivity index (χ1v) is 0. The summed E-state index contributed by atoms with van der Waals surface area (Å²) in [6, 6.07) is 0. The van der Waals surface area contributed by atoms with Gasteiger partial charge in [0.25, 0.3) is 0 Å². The maximum atomic E-state index is 0. The predicted molar refractivity (Wildman–Crippen MR) is 0 cm³/mol. The molecule has 0 spiro atoms. The first kappa shape index (κ1) is 85.2. The van der Waals surface area contributed by atoms with E-state index in [1.54, 1.807) is 0 Å². The molecule has 0 aromatic heterocycles. The van der Waals surface area contributed by atoms with Crippen LogP contribution in [-0.2, 0) is 20.4 Å². The first-order valence-electron chi connectivity index (χ1n) is 0. The minimum Gasteiger partial charge on any atom is -1.00 e. The van der Waals surface area contributed by atoms with Gasteiger partial charge in [0.15, 0.2) is 0 Å². The van der Waals surface area contributed by atoms with Gasteiger partial charge in [0.05, 0.1) is 0 Å². The van der Waals surface area contributed by atoms with E-state index < -0.39 is 0 Å². The SMILES string of the molecule is [Cl-].[Cl-].[Cl-].[Cl-].[Cl-].[Cl-].[K+].[K+].[Re]. The Kier molecular flexibility index (Phi) is 646. The average molecular weight is 477 g/mol. The summed E-state index contributed by atoms with van der Waals surface area (Å²) in [5.41, 5.74) is 0. The van der Waals surface area contributed by atoms with Crippen LogP contribution in [0.4, 0.5) is 0 Å². The number of rotatable bonds is 0. The zero-order valence-electron chi connectivity index (χ0n) is 4.65. The molecule has 0 aliphatic rings. The third kappa shape index (κ3) is 57.9. The van der Waals surface area contributed by atoms with Crippen LogP contribution in [0.3, 0.4) is 0 Å². The third-order valence-corrected chi connectivity index (χ3v) is 0. The van der Waals surface area contributed by atoms with Crippen molar-refractivity contribution in [1.29, 1.82) is 0 Å². The molecule has 0 heterocycles. The Bertz CT molecular complexity index is 11.0. The molecular weight excluding hydrogens is 477 g/mol. The van der Waals surface area contributed by atoms with Crippen molar-refractivity contribution in [2.45, 2.75) is 0 Å². The van der Waals surface area contributed by atoms with Crippen molar-refractivity contribution in [2.24, 2.45) is 0 Å². The smallest absolute Gasteiger partial charge is 1.00 e. The molecule has 0 saturated heterocycles. The normalized spacial score (nSPS) is 0. The van der Waals surface area contributed by atoms with E-state index in [9.17, 15) is 0 Å². The molecule has 9 heavy (non-hydrogen) atoms. The summed E-state index contributed by atoms with van der Waals surface area (Å²) >= 11 is 0. The van der Waals surface area contributed by atoms with Crippen molar-refractivity contribution in [3.63, 3.8) is 0 Å². The summed E-state index contributed by atoms with van der Waals surface area (Å²) in [4.78, 5) is 0. The quantitative estimate of drug-likeness (QED) is 0.305. The van der Waals surface area contributed by atoms with Crippen LogP contribution >= 0.6 is 0 Å². The second-order valence-corrected chi connectivity index (χ2v) is 0. The van der Waals surface area contributed by atoms with Crippen LogP contribution in [0.1, 0.15) is 0 Å². The summed E-state index contributed by atoms with van der Waals surface area (Å²) in [5, 5.41) is 0. The maximum absolute atomic E-state index is 0. The van der Waals surface area contributed by atoms with Gasteiger partial charge in [-0.1, -0.05) is 0 Å². The fraction of sp³-hybridized carbons (Fsp3) is 0. The van der Waals surface area contributed by atoms with Crippen molar-refractivity contribution >= 4 is 0 Å². The molecule has 0 fully saturated rings. The molecule has 0 atom stereocenters. The molecule has 55 valence electrons. The van der Waals surface area contributed by atoms with Gasteiger partial charge < -0.3 is 74.4 Å². The monoisotopic (exact) mass is 475 g/mol. The van der Waals surface area contributed by atoms with E-state index in [4.69, 9.17) is 0 Å². The molecule has 0 nitrogen and oxygen atoms in total. The fourth-order valence-electron chi connectivity index (χ4n) is 0. The summed E-state index contributed by atoms with van der Waals surface area (Å²) in [7, 11) is 0.